The molecule has 0 unspecified atom stereocenters. The maximum atomic E-state index is 10.5. The van der Waals surface area contributed by atoms with E-state index in [-0.39, 0.29) is 0 Å². The van der Waals surface area contributed by atoms with Gasteiger partial charge in [-0.2, -0.15) is 0 Å². The Hall–Kier alpha value is -0.350. The van der Waals surface area contributed by atoms with Crippen LogP contribution in [0, 0.1) is 0 Å². The summed E-state index contributed by atoms with van der Waals surface area (Å²) < 4.78 is 1.88. The van der Waals surface area contributed by atoms with Crippen molar-refractivity contribution in [3.63, 3.8) is 0 Å². The SMILES string of the molecule is CN1CCCS1(C=O)C=O. The first kappa shape index (κ1) is 7.75. The van der Waals surface area contributed by atoms with Crippen LogP contribution < -0.4 is 0 Å². The van der Waals surface area contributed by atoms with Crippen LogP contribution in [0.5, 0.6) is 0 Å². The van der Waals surface area contributed by atoms with Crippen molar-refractivity contribution in [1.29, 1.82) is 0 Å². The van der Waals surface area contributed by atoms with E-state index in [0.29, 0.717) is 0 Å². The molecular formula is C6H11NO2S. The first-order chi connectivity index (χ1) is 4.75. The number of rotatable bonds is 2. The van der Waals surface area contributed by atoms with Crippen LogP contribution in [0.1, 0.15) is 6.42 Å². The summed E-state index contributed by atoms with van der Waals surface area (Å²) in [7, 11) is 0.195. The second kappa shape index (κ2) is 2.72. The van der Waals surface area contributed by atoms with Gasteiger partial charge < -0.3 is 0 Å². The summed E-state index contributed by atoms with van der Waals surface area (Å²) in [5, 5.41) is 0. The molecule has 1 rings (SSSR count). The van der Waals surface area contributed by atoms with E-state index in [1.54, 1.807) is 0 Å². The minimum absolute atomic E-state index is 0.760. The van der Waals surface area contributed by atoms with E-state index in [9.17, 15) is 9.59 Å². The molecule has 0 aromatic carbocycles. The summed E-state index contributed by atoms with van der Waals surface area (Å²) in [5.74, 6) is 0.760. The normalized spacial score (nSPS) is 27.7. The number of nitrogens with zero attached hydrogens (tertiary/aromatic N) is 1. The Morgan fingerprint density at radius 1 is 1.40 bits per heavy atom. The van der Waals surface area contributed by atoms with Crippen molar-refractivity contribution in [3.05, 3.63) is 0 Å². The molecule has 0 spiro atoms. The molecule has 0 aromatic rings. The summed E-state index contributed by atoms with van der Waals surface area (Å²) in [4.78, 5) is 21.1. The van der Waals surface area contributed by atoms with E-state index in [0.717, 1.165) is 30.0 Å². The molecule has 10 heavy (non-hydrogen) atoms. The van der Waals surface area contributed by atoms with Crippen LogP contribution >= 0.6 is 10.2 Å². The van der Waals surface area contributed by atoms with Gasteiger partial charge in [-0.05, 0) is 13.5 Å². The molecule has 0 aliphatic carbocycles. The standard InChI is InChI=1S/C6H11NO2S/c1-7-3-2-4-10(7,5-8)6-9/h5-6H,2-4H2,1H3. The summed E-state index contributed by atoms with van der Waals surface area (Å²) in [6.45, 7) is 0.882. The number of carbonyl (C=O) groups excluding carboxylic acids is 2. The fraction of sp³-hybridized carbons (Fsp3) is 0.667. The molecule has 4 heteroatoms. The predicted molar refractivity (Wildman–Crippen MR) is 43.2 cm³/mol. The average molecular weight is 161 g/mol. The van der Waals surface area contributed by atoms with Crippen LogP contribution in [-0.4, -0.2) is 34.9 Å². The van der Waals surface area contributed by atoms with Gasteiger partial charge in [0.2, 0.25) is 0 Å². The zero-order chi connectivity index (χ0) is 7.61. The highest BCUT2D eigenvalue weighted by atomic mass is 32.3. The predicted octanol–water partition coefficient (Wildman–Crippen LogP) is 0.422. The maximum absolute atomic E-state index is 10.5. The highest BCUT2D eigenvalue weighted by Crippen LogP contribution is 2.49. The van der Waals surface area contributed by atoms with Crippen LogP contribution in [0.2, 0.25) is 0 Å². The van der Waals surface area contributed by atoms with Crippen molar-refractivity contribution in [3.8, 4) is 0 Å². The van der Waals surface area contributed by atoms with Gasteiger partial charge in [-0.1, -0.05) is 10.2 Å². The molecular weight excluding hydrogens is 150 g/mol. The third-order valence-electron chi connectivity index (χ3n) is 1.86. The van der Waals surface area contributed by atoms with Crippen molar-refractivity contribution in [2.75, 3.05) is 19.3 Å². The molecule has 3 nitrogen and oxygen atoms in total. The van der Waals surface area contributed by atoms with E-state index in [2.05, 4.69) is 0 Å². The molecule has 1 saturated heterocycles. The Labute approximate surface area is 61.8 Å². The van der Waals surface area contributed by atoms with E-state index in [1.807, 2.05) is 11.4 Å². The molecule has 0 atom stereocenters. The van der Waals surface area contributed by atoms with Crippen molar-refractivity contribution in [1.82, 2.24) is 4.31 Å². The highest BCUT2D eigenvalue weighted by Gasteiger charge is 2.32. The molecule has 0 saturated carbocycles. The second-order valence-electron chi connectivity index (χ2n) is 2.41. The topological polar surface area (TPSA) is 37.4 Å². The number of hydrogen-bond acceptors (Lipinski definition) is 3. The van der Waals surface area contributed by atoms with E-state index in [1.165, 1.54) is 0 Å². The van der Waals surface area contributed by atoms with Crippen LogP contribution in [0.4, 0.5) is 0 Å². The lowest BCUT2D eigenvalue weighted by Gasteiger charge is -2.28. The molecule has 58 valence electrons. The summed E-state index contributed by atoms with van der Waals surface area (Å²) >= 11 is 0. The highest BCUT2D eigenvalue weighted by molar-refractivity contribution is 8.51. The lowest BCUT2D eigenvalue weighted by molar-refractivity contribution is 0.553. The lowest BCUT2D eigenvalue weighted by Crippen LogP contribution is -2.19. The first-order valence-corrected chi connectivity index (χ1v) is 5.06. The Morgan fingerprint density at radius 3 is 2.20 bits per heavy atom. The van der Waals surface area contributed by atoms with E-state index in [4.69, 9.17) is 0 Å². The van der Waals surface area contributed by atoms with Crippen LogP contribution in [0.15, 0.2) is 0 Å². The zero-order valence-corrected chi connectivity index (χ0v) is 6.76. The van der Waals surface area contributed by atoms with Crippen molar-refractivity contribution in [2.24, 2.45) is 0 Å². The zero-order valence-electron chi connectivity index (χ0n) is 5.95. The maximum Gasteiger partial charge on any atom is 0.177 e. The van der Waals surface area contributed by atoms with Crippen LogP contribution in [-0.2, 0) is 9.59 Å². The Balaban J connectivity index is 2.80. The third kappa shape index (κ3) is 0.973. The minimum Gasteiger partial charge on any atom is -0.291 e. The fourth-order valence-corrected chi connectivity index (χ4v) is 3.01. The molecule has 0 aromatic heterocycles. The molecule has 1 fully saturated rings. The quantitative estimate of drug-likeness (QED) is 0.551. The van der Waals surface area contributed by atoms with Crippen LogP contribution in [0.3, 0.4) is 0 Å². The Kier molecular flexibility index (Phi) is 2.11. The van der Waals surface area contributed by atoms with Gasteiger partial charge in [0, 0.05) is 12.3 Å². The largest absolute Gasteiger partial charge is 0.291 e. The molecule has 0 N–H and O–H groups in total. The van der Waals surface area contributed by atoms with Gasteiger partial charge in [0.05, 0.1) is 0 Å². The Morgan fingerprint density at radius 2 is 2.00 bits per heavy atom. The molecule has 1 aliphatic rings. The van der Waals surface area contributed by atoms with Gasteiger partial charge in [-0.3, -0.25) is 13.9 Å². The van der Waals surface area contributed by atoms with Gasteiger partial charge in [-0.25, -0.2) is 0 Å². The molecule has 1 heterocycles. The second-order valence-corrected chi connectivity index (χ2v) is 5.45. The van der Waals surface area contributed by atoms with Gasteiger partial charge >= 0.3 is 0 Å². The van der Waals surface area contributed by atoms with Crippen LogP contribution in [0.25, 0.3) is 0 Å². The molecule has 0 bridgehead atoms. The van der Waals surface area contributed by atoms with E-state index >= 15 is 0 Å². The molecule has 0 radical (unpaired) electrons. The third-order valence-corrected chi connectivity index (χ3v) is 4.81. The minimum atomic E-state index is -1.64. The average Bonchev–Trinajstić information content (AvgIpc) is 2.32. The van der Waals surface area contributed by atoms with Gasteiger partial charge in [0.15, 0.2) is 11.2 Å². The van der Waals surface area contributed by atoms with Crippen molar-refractivity contribution >= 4 is 21.5 Å². The lowest BCUT2D eigenvalue weighted by atomic mass is 10.5. The Bertz CT molecular complexity index is 152. The van der Waals surface area contributed by atoms with Crippen molar-refractivity contribution in [2.45, 2.75) is 6.42 Å². The molecule has 0 amide bonds. The van der Waals surface area contributed by atoms with Crippen molar-refractivity contribution < 1.29 is 9.59 Å². The van der Waals surface area contributed by atoms with Gasteiger partial charge in [0.1, 0.15) is 0 Å². The fourth-order valence-electron chi connectivity index (χ4n) is 1.11. The monoisotopic (exact) mass is 161 g/mol. The van der Waals surface area contributed by atoms with E-state index < -0.39 is 10.2 Å². The molecule has 1 aliphatic heterocycles. The number of carbonyl (C=O) groups is 2. The smallest absolute Gasteiger partial charge is 0.177 e. The summed E-state index contributed by atoms with van der Waals surface area (Å²) in [6, 6.07) is 0. The summed E-state index contributed by atoms with van der Waals surface area (Å²) in [6.07, 6.45) is 0.976. The number of hydrogen-bond donors (Lipinski definition) is 0. The van der Waals surface area contributed by atoms with Gasteiger partial charge in [-0.15, -0.1) is 0 Å². The summed E-state index contributed by atoms with van der Waals surface area (Å²) in [5.41, 5.74) is 1.65. The van der Waals surface area contributed by atoms with Gasteiger partial charge in [0.25, 0.3) is 0 Å². The first-order valence-electron chi connectivity index (χ1n) is 3.18.